The molecule has 1 aliphatic heterocycles. The van der Waals surface area contributed by atoms with Crippen molar-refractivity contribution in [2.75, 3.05) is 5.32 Å². The van der Waals surface area contributed by atoms with Crippen LogP contribution in [-0.2, 0) is 14.3 Å². The summed E-state index contributed by atoms with van der Waals surface area (Å²) in [5.41, 5.74) is 0.788. The third-order valence-electron chi connectivity index (χ3n) is 6.30. The summed E-state index contributed by atoms with van der Waals surface area (Å²) in [6.45, 7) is 9.83. The molecule has 1 saturated carbocycles. The molecule has 2 fully saturated rings. The van der Waals surface area contributed by atoms with Gasteiger partial charge in [0, 0.05) is 11.1 Å². The minimum absolute atomic E-state index is 0.208. The molecule has 0 spiro atoms. The molecule has 1 amide bonds. The van der Waals surface area contributed by atoms with E-state index in [0.717, 1.165) is 16.8 Å². The van der Waals surface area contributed by atoms with Gasteiger partial charge in [0.1, 0.15) is 0 Å². The quantitative estimate of drug-likeness (QED) is 0.852. The van der Waals surface area contributed by atoms with E-state index in [0.29, 0.717) is 12.8 Å². The molecule has 4 nitrogen and oxygen atoms in total. The van der Waals surface area contributed by atoms with Gasteiger partial charge in [0.05, 0.1) is 5.41 Å². The number of esters is 1. The van der Waals surface area contributed by atoms with Gasteiger partial charge in [-0.2, -0.15) is 0 Å². The van der Waals surface area contributed by atoms with Crippen molar-refractivity contribution in [2.24, 2.45) is 10.8 Å². The molecule has 3 rings (SSSR count). The van der Waals surface area contributed by atoms with Crippen molar-refractivity contribution in [3.8, 4) is 0 Å². The number of rotatable bonds is 2. The number of hydrogen-bond acceptors (Lipinski definition) is 3. The Morgan fingerprint density at radius 3 is 2.41 bits per heavy atom. The standard InChI is InChI=1S/C18H23NO3/c1-11-7-6-8-13(12(11)2)19-14(20)18-10-9-17(5,15(21)22-18)16(18,3)4/h6-8H,9-10H2,1-5H3,(H,19,20)/t17-,18+/m1/s1. The first-order valence-electron chi connectivity index (χ1n) is 7.77. The minimum atomic E-state index is -1.06. The van der Waals surface area contributed by atoms with E-state index in [4.69, 9.17) is 4.74 Å². The summed E-state index contributed by atoms with van der Waals surface area (Å²) in [7, 11) is 0. The highest BCUT2D eigenvalue weighted by atomic mass is 16.6. The topological polar surface area (TPSA) is 55.4 Å². The van der Waals surface area contributed by atoms with Gasteiger partial charge in [0.2, 0.25) is 0 Å². The fourth-order valence-electron chi connectivity index (χ4n) is 3.86. The number of amides is 1. The molecule has 0 radical (unpaired) electrons. The first-order chi connectivity index (χ1) is 10.2. The number of hydrogen-bond donors (Lipinski definition) is 1. The molecule has 2 atom stereocenters. The Morgan fingerprint density at radius 2 is 1.86 bits per heavy atom. The molecule has 1 aromatic carbocycles. The molecule has 2 bridgehead atoms. The van der Waals surface area contributed by atoms with E-state index in [1.807, 2.05) is 52.8 Å². The second-order valence-electron chi connectivity index (χ2n) is 7.38. The van der Waals surface area contributed by atoms with Gasteiger partial charge in [-0.05, 0) is 50.8 Å². The molecule has 1 saturated heterocycles. The highest BCUT2D eigenvalue weighted by molar-refractivity contribution is 6.03. The average Bonchev–Trinajstić information content (AvgIpc) is 2.74. The number of carbonyl (C=O) groups excluding carboxylic acids is 2. The van der Waals surface area contributed by atoms with Crippen LogP contribution in [0.25, 0.3) is 0 Å². The van der Waals surface area contributed by atoms with Crippen molar-refractivity contribution in [2.45, 2.75) is 53.1 Å². The van der Waals surface area contributed by atoms with Gasteiger partial charge in [-0.3, -0.25) is 9.59 Å². The van der Waals surface area contributed by atoms with Crippen molar-refractivity contribution in [3.05, 3.63) is 29.3 Å². The van der Waals surface area contributed by atoms with Gasteiger partial charge in [-0.1, -0.05) is 26.0 Å². The van der Waals surface area contributed by atoms with E-state index in [1.54, 1.807) is 0 Å². The number of nitrogens with one attached hydrogen (secondary N) is 1. The second-order valence-corrected chi connectivity index (χ2v) is 7.38. The van der Waals surface area contributed by atoms with Crippen LogP contribution in [0.2, 0.25) is 0 Å². The Hall–Kier alpha value is -1.84. The highest BCUT2D eigenvalue weighted by Gasteiger charge is 2.75. The zero-order chi connectivity index (χ0) is 16.3. The summed E-state index contributed by atoms with van der Waals surface area (Å²) in [5.74, 6) is -0.458. The van der Waals surface area contributed by atoms with E-state index in [-0.39, 0.29) is 11.9 Å². The van der Waals surface area contributed by atoms with E-state index < -0.39 is 16.4 Å². The molecule has 2 aliphatic rings. The van der Waals surface area contributed by atoms with Gasteiger partial charge in [0.15, 0.2) is 5.60 Å². The Morgan fingerprint density at radius 1 is 1.18 bits per heavy atom. The van der Waals surface area contributed by atoms with E-state index in [9.17, 15) is 9.59 Å². The maximum Gasteiger partial charge on any atom is 0.313 e. The zero-order valence-corrected chi connectivity index (χ0v) is 13.9. The molecule has 1 aliphatic carbocycles. The van der Waals surface area contributed by atoms with Gasteiger partial charge in [-0.15, -0.1) is 0 Å². The lowest BCUT2D eigenvalue weighted by molar-refractivity contribution is -0.165. The van der Waals surface area contributed by atoms with Crippen LogP contribution in [0.1, 0.15) is 44.7 Å². The summed E-state index contributed by atoms with van der Waals surface area (Å²) in [5, 5.41) is 2.99. The Balaban J connectivity index is 1.96. The van der Waals surface area contributed by atoms with Gasteiger partial charge >= 0.3 is 5.97 Å². The summed E-state index contributed by atoms with van der Waals surface area (Å²) in [6, 6.07) is 5.81. The SMILES string of the molecule is Cc1cccc(NC(=O)[C@]23CC[C@](C)(C(=O)O2)C3(C)C)c1C. The number of aryl methyl sites for hydroxylation is 1. The summed E-state index contributed by atoms with van der Waals surface area (Å²) in [6.07, 6.45) is 1.28. The van der Waals surface area contributed by atoms with E-state index in [2.05, 4.69) is 5.32 Å². The lowest BCUT2D eigenvalue weighted by Crippen LogP contribution is -2.50. The van der Waals surface area contributed by atoms with Crippen LogP contribution in [0, 0.1) is 24.7 Å². The highest BCUT2D eigenvalue weighted by Crippen LogP contribution is 2.65. The van der Waals surface area contributed by atoms with Gasteiger partial charge in [0.25, 0.3) is 5.91 Å². The second kappa shape index (κ2) is 4.34. The number of ether oxygens (including phenoxy) is 1. The van der Waals surface area contributed by atoms with Gasteiger partial charge < -0.3 is 10.1 Å². The Kier molecular flexibility index (Phi) is 2.97. The summed E-state index contributed by atoms with van der Waals surface area (Å²) in [4.78, 5) is 25.2. The molecule has 0 aromatic heterocycles. The van der Waals surface area contributed by atoms with Gasteiger partial charge in [-0.25, -0.2) is 0 Å². The molecule has 0 unspecified atom stereocenters. The van der Waals surface area contributed by atoms with Crippen LogP contribution in [0.3, 0.4) is 0 Å². The average molecular weight is 301 g/mol. The predicted molar refractivity (Wildman–Crippen MR) is 84.5 cm³/mol. The maximum absolute atomic E-state index is 13.0. The number of carbonyl (C=O) groups is 2. The third-order valence-corrected chi connectivity index (χ3v) is 6.30. The fraction of sp³-hybridized carbons (Fsp3) is 0.556. The first kappa shape index (κ1) is 15.1. The van der Waals surface area contributed by atoms with Crippen LogP contribution < -0.4 is 5.32 Å². The summed E-state index contributed by atoms with van der Waals surface area (Å²) >= 11 is 0. The lowest BCUT2D eigenvalue weighted by atomic mass is 9.66. The third kappa shape index (κ3) is 1.58. The van der Waals surface area contributed by atoms with Crippen molar-refractivity contribution in [3.63, 3.8) is 0 Å². The Labute approximate surface area is 131 Å². The fourth-order valence-corrected chi connectivity index (χ4v) is 3.86. The van der Waals surface area contributed by atoms with Crippen LogP contribution in [0.4, 0.5) is 5.69 Å². The molecule has 1 heterocycles. The smallest absolute Gasteiger partial charge is 0.313 e. The van der Waals surface area contributed by atoms with Crippen molar-refractivity contribution in [1.29, 1.82) is 0 Å². The van der Waals surface area contributed by atoms with Crippen molar-refractivity contribution >= 4 is 17.6 Å². The molecule has 1 N–H and O–H groups in total. The molecule has 118 valence electrons. The molecular formula is C18H23NO3. The van der Waals surface area contributed by atoms with Crippen molar-refractivity contribution < 1.29 is 14.3 Å². The molecule has 1 aromatic rings. The van der Waals surface area contributed by atoms with E-state index in [1.165, 1.54) is 0 Å². The van der Waals surface area contributed by atoms with Crippen LogP contribution in [0.15, 0.2) is 18.2 Å². The molecular weight excluding hydrogens is 278 g/mol. The largest absolute Gasteiger partial charge is 0.448 e. The number of benzene rings is 1. The Bertz CT molecular complexity index is 679. The van der Waals surface area contributed by atoms with Crippen LogP contribution in [0.5, 0.6) is 0 Å². The van der Waals surface area contributed by atoms with E-state index >= 15 is 0 Å². The maximum atomic E-state index is 13.0. The van der Waals surface area contributed by atoms with Crippen LogP contribution in [-0.4, -0.2) is 17.5 Å². The normalized spacial score (nSPS) is 32.0. The molecule has 4 heteroatoms. The lowest BCUT2D eigenvalue weighted by Gasteiger charge is -2.35. The first-order valence-corrected chi connectivity index (χ1v) is 7.77. The molecule has 22 heavy (non-hydrogen) atoms. The predicted octanol–water partition coefficient (Wildman–Crippen LogP) is 3.36. The van der Waals surface area contributed by atoms with Crippen molar-refractivity contribution in [1.82, 2.24) is 0 Å². The van der Waals surface area contributed by atoms with Crippen LogP contribution >= 0.6 is 0 Å². The number of fused-ring (bicyclic) bond motifs is 2. The summed E-state index contributed by atoms with van der Waals surface area (Å²) < 4.78 is 5.62. The monoisotopic (exact) mass is 301 g/mol. The number of anilines is 1. The minimum Gasteiger partial charge on any atom is -0.448 e. The zero-order valence-electron chi connectivity index (χ0n) is 13.9.